The molecule has 8 heteroatoms. The third-order valence-corrected chi connectivity index (χ3v) is 4.26. The first-order valence-corrected chi connectivity index (χ1v) is 8.24. The number of pyridine rings is 1. The maximum Gasteiger partial charge on any atom is 0.417 e. The van der Waals surface area contributed by atoms with E-state index in [2.05, 4.69) is 10.3 Å². The van der Waals surface area contributed by atoms with E-state index in [0.717, 1.165) is 17.7 Å². The highest BCUT2D eigenvalue weighted by atomic mass is 35.5. The second-order valence-corrected chi connectivity index (χ2v) is 6.25. The van der Waals surface area contributed by atoms with Crippen molar-refractivity contribution in [2.75, 3.05) is 5.32 Å². The minimum Gasteiger partial charge on any atom is -0.321 e. The topological polar surface area (TPSA) is 46.4 Å². The van der Waals surface area contributed by atoms with E-state index in [4.69, 9.17) is 11.6 Å². The van der Waals surface area contributed by atoms with Crippen molar-refractivity contribution < 1.29 is 18.0 Å². The number of carbonyl (C=O) groups is 1. The molecule has 2 aromatic heterocycles. The SMILES string of the molecule is CCc1nc2cc(C)ccn2c1C(=O)Nc1ccc(Cl)c(C(F)(F)F)c1. The van der Waals surface area contributed by atoms with Crippen LogP contribution in [0, 0.1) is 6.92 Å². The quantitative estimate of drug-likeness (QED) is 0.683. The van der Waals surface area contributed by atoms with E-state index in [9.17, 15) is 18.0 Å². The van der Waals surface area contributed by atoms with E-state index in [0.29, 0.717) is 23.5 Å². The molecule has 3 rings (SSSR count). The lowest BCUT2D eigenvalue weighted by Crippen LogP contribution is -2.17. The van der Waals surface area contributed by atoms with Crippen molar-refractivity contribution in [1.29, 1.82) is 0 Å². The van der Waals surface area contributed by atoms with Gasteiger partial charge in [-0.1, -0.05) is 18.5 Å². The summed E-state index contributed by atoms with van der Waals surface area (Å²) in [5.74, 6) is -0.534. The number of anilines is 1. The average molecular weight is 382 g/mol. The van der Waals surface area contributed by atoms with Crippen LogP contribution in [0.25, 0.3) is 5.65 Å². The van der Waals surface area contributed by atoms with Crippen LogP contribution in [0.2, 0.25) is 5.02 Å². The van der Waals surface area contributed by atoms with Gasteiger partial charge in [-0.2, -0.15) is 13.2 Å². The van der Waals surface area contributed by atoms with Crippen LogP contribution in [0.4, 0.5) is 18.9 Å². The average Bonchev–Trinajstić information content (AvgIpc) is 2.93. The molecule has 0 aliphatic heterocycles. The summed E-state index contributed by atoms with van der Waals surface area (Å²) in [7, 11) is 0. The summed E-state index contributed by atoms with van der Waals surface area (Å²) in [4.78, 5) is 17.1. The van der Waals surface area contributed by atoms with E-state index in [1.54, 1.807) is 10.6 Å². The van der Waals surface area contributed by atoms with Gasteiger partial charge in [-0.25, -0.2) is 4.98 Å². The van der Waals surface area contributed by atoms with Crippen molar-refractivity contribution in [3.05, 3.63) is 64.1 Å². The molecule has 136 valence electrons. The molecule has 0 saturated heterocycles. The van der Waals surface area contributed by atoms with E-state index in [1.807, 2.05) is 26.0 Å². The molecule has 4 nitrogen and oxygen atoms in total. The number of aromatic nitrogens is 2. The van der Waals surface area contributed by atoms with Crippen molar-refractivity contribution in [3.8, 4) is 0 Å². The van der Waals surface area contributed by atoms with E-state index >= 15 is 0 Å². The van der Waals surface area contributed by atoms with Gasteiger partial charge < -0.3 is 5.32 Å². The number of halogens is 4. The lowest BCUT2D eigenvalue weighted by Gasteiger charge is -2.12. The monoisotopic (exact) mass is 381 g/mol. The Hall–Kier alpha value is -2.54. The Morgan fingerprint density at radius 2 is 2.00 bits per heavy atom. The normalized spacial score (nSPS) is 11.8. The highest BCUT2D eigenvalue weighted by Crippen LogP contribution is 2.36. The Kier molecular flexibility index (Phi) is 4.66. The van der Waals surface area contributed by atoms with Crippen molar-refractivity contribution in [1.82, 2.24) is 9.38 Å². The number of fused-ring (bicyclic) bond motifs is 1. The standard InChI is InChI=1S/C18H15ClF3N3O/c1-3-14-16(25-7-6-10(2)8-15(25)24-14)17(26)23-11-4-5-13(19)12(9-11)18(20,21)22/h4-9H,3H2,1-2H3,(H,23,26). The van der Waals surface area contributed by atoms with Gasteiger partial charge in [0.15, 0.2) is 0 Å². The second kappa shape index (κ2) is 6.64. The Bertz CT molecular complexity index is 995. The van der Waals surface area contributed by atoms with E-state index < -0.39 is 22.7 Å². The second-order valence-electron chi connectivity index (χ2n) is 5.84. The van der Waals surface area contributed by atoms with Crippen LogP contribution in [0.5, 0.6) is 0 Å². The first-order chi connectivity index (χ1) is 12.2. The van der Waals surface area contributed by atoms with Gasteiger partial charge in [-0.15, -0.1) is 0 Å². The smallest absolute Gasteiger partial charge is 0.321 e. The molecule has 0 aliphatic rings. The molecule has 0 bridgehead atoms. The van der Waals surface area contributed by atoms with Crippen molar-refractivity contribution in [3.63, 3.8) is 0 Å². The van der Waals surface area contributed by atoms with Crippen molar-refractivity contribution in [2.45, 2.75) is 26.4 Å². The van der Waals surface area contributed by atoms with Crippen LogP contribution in [0.15, 0.2) is 36.5 Å². The largest absolute Gasteiger partial charge is 0.417 e. The summed E-state index contributed by atoms with van der Waals surface area (Å²) in [6.45, 7) is 3.77. The number of amides is 1. The van der Waals surface area contributed by atoms with Crippen LogP contribution in [0.3, 0.4) is 0 Å². The van der Waals surface area contributed by atoms with Crippen LogP contribution >= 0.6 is 11.6 Å². The van der Waals surface area contributed by atoms with Crippen LogP contribution in [0.1, 0.15) is 34.2 Å². The molecule has 1 N–H and O–H groups in total. The fraction of sp³-hybridized carbons (Fsp3) is 0.222. The maximum absolute atomic E-state index is 13.0. The fourth-order valence-corrected chi connectivity index (χ4v) is 2.92. The molecular weight excluding hydrogens is 367 g/mol. The summed E-state index contributed by atoms with van der Waals surface area (Å²) in [6, 6.07) is 6.92. The molecule has 0 radical (unpaired) electrons. The summed E-state index contributed by atoms with van der Waals surface area (Å²) < 4.78 is 40.6. The zero-order valence-electron chi connectivity index (χ0n) is 14.0. The number of rotatable bonds is 3. The minimum atomic E-state index is -4.60. The number of hydrogen-bond donors (Lipinski definition) is 1. The van der Waals surface area contributed by atoms with E-state index in [-0.39, 0.29) is 5.69 Å². The number of alkyl halides is 3. The molecule has 0 saturated carbocycles. The molecule has 1 aromatic carbocycles. The number of nitrogens with zero attached hydrogens (tertiary/aromatic N) is 2. The molecule has 0 spiro atoms. The van der Waals surface area contributed by atoms with Gasteiger partial charge in [0.1, 0.15) is 11.3 Å². The third-order valence-electron chi connectivity index (χ3n) is 3.93. The summed E-state index contributed by atoms with van der Waals surface area (Å²) in [6.07, 6.45) is -2.38. The zero-order valence-corrected chi connectivity index (χ0v) is 14.7. The lowest BCUT2D eigenvalue weighted by atomic mass is 10.2. The third kappa shape index (κ3) is 3.39. The number of carbonyl (C=O) groups excluding carboxylic acids is 1. The molecule has 3 aromatic rings. The number of aryl methyl sites for hydroxylation is 2. The molecule has 0 fully saturated rings. The Balaban J connectivity index is 2.00. The Morgan fingerprint density at radius 3 is 2.65 bits per heavy atom. The van der Waals surface area contributed by atoms with Gasteiger partial charge in [-0.05, 0) is 49.2 Å². The molecule has 1 amide bonds. The van der Waals surface area contributed by atoms with Crippen LogP contribution in [-0.4, -0.2) is 15.3 Å². The molecule has 0 unspecified atom stereocenters. The summed E-state index contributed by atoms with van der Waals surface area (Å²) in [5, 5.41) is 2.09. The van der Waals surface area contributed by atoms with Gasteiger partial charge in [0.25, 0.3) is 5.91 Å². The molecule has 0 aliphatic carbocycles. The van der Waals surface area contributed by atoms with Gasteiger partial charge in [0.2, 0.25) is 0 Å². The molecule has 0 atom stereocenters. The van der Waals surface area contributed by atoms with Crippen molar-refractivity contribution >= 4 is 28.8 Å². The van der Waals surface area contributed by atoms with Gasteiger partial charge >= 0.3 is 6.18 Å². The molecule has 26 heavy (non-hydrogen) atoms. The van der Waals surface area contributed by atoms with Crippen LogP contribution < -0.4 is 5.32 Å². The highest BCUT2D eigenvalue weighted by Gasteiger charge is 2.33. The van der Waals surface area contributed by atoms with E-state index in [1.165, 1.54) is 6.07 Å². The predicted octanol–water partition coefficient (Wildman–Crippen LogP) is 5.13. The Labute approximate surface area is 152 Å². The van der Waals surface area contributed by atoms with Crippen LogP contribution in [-0.2, 0) is 12.6 Å². The minimum absolute atomic E-state index is 0.0100. The summed E-state index contributed by atoms with van der Waals surface area (Å²) in [5.41, 5.74) is 1.48. The molecule has 2 heterocycles. The fourth-order valence-electron chi connectivity index (χ4n) is 2.69. The summed E-state index contributed by atoms with van der Waals surface area (Å²) >= 11 is 5.61. The maximum atomic E-state index is 13.0. The highest BCUT2D eigenvalue weighted by molar-refractivity contribution is 6.31. The van der Waals surface area contributed by atoms with Crippen molar-refractivity contribution in [2.24, 2.45) is 0 Å². The number of hydrogen-bond acceptors (Lipinski definition) is 2. The first kappa shape index (κ1) is 18.3. The molecular formula is C18H15ClF3N3O. The number of imidazole rings is 1. The predicted molar refractivity (Wildman–Crippen MR) is 93.7 cm³/mol. The number of nitrogens with one attached hydrogen (secondary N) is 1. The zero-order chi connectivity index (χ0) is 19.1. The lowest BCUT2D eigenvalue weighted by molar-refractivity contribution is -0.137. The van der Waals surface area contributed by atoms with Gasteiger partial charge in [-0.3, -0.25) is 9.20 Å². The van der Waals surface area contributed by atoms with Gasteiger partial charge in [0.05, 0.1) is 16.3 Å². The number of benzene rings is 1. The first-order valence-electron chi connectivity index (χ1n) is 7.86. The Morgan fingerprint density at radius 1 is 1.27 bits per heavy atom. The van der Waals surface area contributed by atoms with Gasteiger partial charge in [0, 0.05) is 11.9 Å².